The number of sulfone groups is 1. The molecule has 9 heteroatoms. The Labute approximate surface area is 127 Å². The van der Waals surface area contributed by atoms with Crippen molar-refractivity contribution in [1.82, 2.24) is 4.98 Å². The standard InChI is InChI=1S/C11H15Cl2N3O3S/c1-6-5-8(12)15-10(13)9(6)16-11(17)7(14)3-4-20(2,18)19/h5,7H,3-4,14H2,1-2H3,(H,16,17). The van der Waals surface area contributed by atoms with Crippen LogP contribution in [-0.4, -0.2) is 37.4 Å². The van der Waals surface area contributed by atoms with Gasteiger partial charge in [-0.05, 0) is 25.0 Å². The van der Waals surface area contributed by atoms with Gasteiger partial charge in [0.2, 0.25) is 5.91 Å². The van der Waals surface area contributed by atoms with Crippen molar-refractivity contribution >= 4 is 44.6 Å². The van der Waals surface area contributed by atoms with Crippen LogP contribution in [0.25, 0.3) is 0 Å². The first-order valence-electron chi connectivity index (χ1n) is 5.67. The number of carbonyl (C=O) groups is 1. The van der Waals surface area contributed by atoms with Crippen molar-refractivity contribution in [2.24, 2.45) is 5.73 Å². The summed E-state index contributed by atoms with van der Waals surface area (Å²) in [6, 6.07) is 0.598. The molecule has 1 rings (SSSR count). The second-order valence-corrected chi connectivity index (χ2v) is 7.45. The molecule has 0 radical (unpaired) electrons. The minimum absolute atomic E-state index is 0.0301. The van der Waals surface area contributed by atoms with E-state index in [-0.39, 0.29) is 22.5 Å². The number of aromatic nitrogens is 1. The summed E-state index contributed by atoms with van der Waals surface area (Å²) in [6.07, 6.45) is 1.12. The minimum atomic E-state index is -3.16. The molecule has 1 unspecified atom stereocenters. The van der Waals surface area contributed by atoms with Crippen LogP contribution in [0.3, 0.4) is 0 Å². The number of hydrogen-bond acceptors (Lipinski definition) is 5. The molecule has 6 nitrogen and oxygen atoms in total. The van der Waals surface area contributed by atoms with Crippen LogP contribution >= 0.6 is 23.2 Å². The second kappa shape index (κ2) is 6.71. The average molecular weight is 340 g/mol. The maximum Gasteiger partial charge on any atom is 0.241 e. The third kappa shape index (κ3) is 5.24. The number of nitrogens with two attached hydrogens (primary N) is 1. The highest BCUT2D eigenvalue weighted by Crippen LogP contribution is 2.26. The largest absolute Gasteiger partial charge is 0.322 e. The van der Waals surface area contributed by atoms with Gasteiger partial charge in [0.25, 0.3) is 0 Å². The van der Waals surface area contributed by atoms with Crippen LogP contribution in [0, 0.1) is 6.92 Å². The number of amides is 1. The molecule has 0 aliphatic rings. The summed E-state index contributed by atoms with van der Waals surface area (Å²) in [6.45, 7) is 1.71. The van der Waals surface area contributed by atoms with Gasteiger partial charge in [-0.3, -0.25) is 4.79 Å². The number of nitrogens with zero attached hydrogens (tertiary/aromatic N) is 1. The number of hydrogen-bond donors (Lipinski definition) is 2. The summed E-state index contributed by atoms with van der Waals surface area (Å²) in [5.74, 6) is -0.685. The topological polar surface area (TPSA) is 102 Å². The van der Waals surface area contributed by atoms with Crippen molar-refractivity contribution in [1.29, 1.82) is 0 Å². The van der Waals surface area contributed by atoms with E-state index in [2.05, 4.69) is 10.3 Å². The van der Waals surface area contributed by atoms with Gasteiger partial charge in [-0.1, -0.05) is 23.2 Å². The van der Waals surface area contributed by atoms with Gasteiger partial charge in [0.05, 0.1) is 17.5 Å². The van der Waals surface area contributed by atoms with Gasteiger partial charge in [-0.2, -0.15) is 0 Å². The lowest BCUT2D eigenvalue weighted by molar-refractivity contribution is -0.117. The van der Waals surface area contributed by atoms with E-state index in [4.69, 9.17) is 28.9 Å². The maximum absolute atomic E-state index is 11.9. The number of nitrogens with one attached hydrogen (secondary N) is 1. The fourth-order valence-corrected chi connectivity index (χ4v) is 2.69. The molecule has 0 aromatic carbocycles. The van der Waals surface area contributed by atoms with E-state index in [1.54, 1.807) is 13.0 Å². The maximum atomic E-state index is 11.9. The highest BCUT2D eigenvalue weighted by molar-refractivity contribution is 7.90. The first-order valence-corrected chi connectivity index (χ1v) is 8.48. The van der Waals surface area contributed by atoms with Gasteiger partial charge in [-0.15, -0.1) is 0 Å². The van der Waals surface area contributed by atoms with E-state index in [0.29, 0.717) is 11.3 Å². The van der Waals surface area contributed by atoms with E-state index in [0.717, 1.165) is 6.26 Å². The molecule has 1 heterocycles. The van der Waals surface area contributed by atoms with Gasteiger partial charge in [0.1, 0.15) is 15.0 Å². The smallest absolute Gasteiger partial charge is 0.241 e. The summed E-state index contributed by atoms with van der Waals surface area (Å²) >= 11 is 11.6. The van der Waals surface area contributed by atoms with Crippen molar-refractivity contribution in [3.63, 3.8) is 0 Å². The zero-order chi connectivity index (χ0) is 15.5. The number of halogens is 2. The summed E-state index contributed by atoms with van der Waals surface area (Å²) in [7, 11) is -3.16. The number of rotatable bonds is 5. The van der Waals surface area contributed by atoms with Crippen molar-refractivity contribution in [3.8, 4) is 0 Å². The monoisotopic (exact) mass is 339 g/mol. The lowest BCUT2D eigenvalue weighted by Gasteiger charge is -2.14. The highest BCUT2D eigenvalue weighted by atomic mass is 35.5. The van der Waals surface area contributed by atoms with E-state index in [1.807, 2.05) is 0 Å². The fraction of sp³-hybridized carbons (Fsp3) is 0.455. The van der Waals surface area contributed by atoms with Crippen LogP contribution in [0.5, 0.6) is 0 Å². The first kappa shape index (κ1) is 17.2. The van der Waals surface area contributed by atoms with Gasteiger partial charge >= 0.3 is 0 Å². The fourth-order valence-electron chi connectivity index (χ4n) is 1.43. The average Bonchev–Trinajstić information content (AvgIpc) is 2.29. The summed E-state index contributed by atoms with van der Waals surface area (Å²) < 4.78 is 22.1. The SMILES string of the molecule is Cc1cc(Cl)nc(Cl)c1NC(=O)C(N)CCS(C)(=O)=O. The van der Waals surface area contributed by atoms with Gasteiger partial charge < -0.3 is 11.1 Å². The molecule has 0 saturated heterocycles. The molecule has 20 heavy (non-hydrogen) atoms. The van der Waals surface area contributed by atoms with E-state index in [1.165, 1.54) is 0 Å². The van der Waals surface area contributed by atoms with Crippen LogP contribution in [0.1, 0.15) is 12.0 Å². The summed E-state index contributed by atoms with van der Waals surface area (Å²) in [5.41, 5.74) is 6.59. The lowest BCUT2D eigenvalue weighted by atomic mass is 10.2. The van der Waals surface area contributed by atoms with Crippen molar-refractivity contribution in [2.45, 2.75) is 19.4 Å². The molecule has 1 atom stereocenters. The van der Waals surface area contributed by atoms with Crippen molar-refractivity contribution < 1.29 is 13.2 Å². The zero-order valence-corrected chi connectivity index (χ0v) is 13.3. The molecule has 1 aromatic heterocycles. The van der Waals surface area contributed by atoms with E-state index in [9.17, 15) is 13.2 Å². The Bertz CT molecular complexity index is 596. The Morgan fingerprint density at radius 1 is 1.50 bits per heavy atom. The first-order chi connectivity index (χ1) is 9.10. The molecule has 0 aliphatic heterocycles. The molecule has 1 amide bonds. The molecule has 0 aliphatic carbocycles. The molecule has 0 fully saturated rings. The van der Waals surface area contributed by atoms with Gasteiger partial charge in [-0.25, -0.2) is 13.4 Å². The van der Waals surface area contributed by atoms with Crippen LogP contribution in [0.15, 0.2) is 6.07 Å². The molecule has 3 N–H and O–H groups in total. The molecular weight excluding hydrogens is 325 g/mol. The van der Waals surface area contributed by atoms with Gasteiger partial charge in [0, 0.05) is 6.26 Å². The lowest BCUT2D eigenvalue weighted by Crippen LogP contribution is -2.37. The van der Waals surface area contributed by atoms with Crippen LogP contribution < -0.4 is 11.1 Å². The summed E-state index contributed by atoms with van der Waals surface area (Å²) in [5, 5.41) is 2.80. The van der Waals surface area contributed by atoms with E-state index < -0.39 is 21.8 Å². The predicted molar refractivity (Wildman–Crippen MR) is 79.9 cm³/mol. The molecule has 0 saturated carbocycles. The summed E-state index contributed by atoms with van der Waals surface area (Å²) in [4.78, 5) is 15.7. The Morgan fingerprint density at radius 3 is 2.60 bits per heavy atom. The van der Waals surface area contributed by atoms with E-state index >= 15 is 0 Å². The Hall–Kier alpha value is -0.890. The molecule has 1 aromatic rings. The zero-order valence-electron chi connectivity index (χ0n) is 11.0. The molecule has 0 bridgehead atoms. The predicted octanol–water partition coefficient (Wildman–Crippen LogP) is 1.40. The second-order valence-electron chi connectivity index (χ2n) is 4.44. The van der Waals surface area contributed by atoms with Crippen LogP contribution in [0.2, 0.25) is 10.3 Å². The third-order valence-corrected chi connectivity index (χ3v) is 3.97. The Morgan fingerprint density at radius 2 is 2.10 bits per heavy atom. The Kier molecular flexibility index (Phi) is 5.76. The number of pyridine rings is 1. The molecule has 112 valence electrons. The third-order valence-electron chi connectivity index (χ3n) is 2.53. The number of carbonyl (C=O) groups excluding carboxylic acids is 1. The number of aryl methyl sites for hydroxylation is 1. The van der Waals surface area contributed by atoms with Crippen molar-refractivity contribution in [3.05, 3.63) is 21.9 Å². The van der Waals surface area contributed by atoms with Crippen LogP contribution in [0.4, 0.5) is 5.69 Å². The highest BCUT2D eigenvalue weighted by Gasteiger charge is 2.18. The quantitative estimate of drug-likeness (QED) is 0.789. The Balaban J connectivity index is 2.76. The molecular formula is C11H15Cl2N3O3S. The minimum Gasteiger partial charge on any atom is -0.322 e. The van der Waals surface area contributed by atoms with Gasteiger partial charge in [0.15, 0.2) is 5.15 Å². The molecule has 0 spiro atoms. The van der Waals surface area contributed by atoms with Crippen LogP contribution in [-0.2, 0) is 14.6 Å². The van der Waals surface area contributed by atoms with Crippen molar-refractivity contribution in [2.75, 3.05) is 17.3 Å². The normalized spacial score (nSPS) is 13.1. The number of anilines is 1.